The number of benzene rings is 1. The van der Waals surface area contributed by atoms with Gasteiger partial charge >= 0.3 is 0 Å². The van der Waals surface area contributed by atoms with Crippen LogP contribution in [-0.4, -0.2) is 21.5 Å². The molecule has 0 spiro atoms. The summed E-state index contributed by atoms with van der Waals surface area (Å²) >= 11 is 0. The first-order valence-electron chi connectivity index (χ1n) is 7.07. The van der Waals surface area contributed by atoms with E-state index in [-0.39, 0.29) is 0 Å². The van der Waals surface area contributed by atoms with Gasteiger partial charge in [0.05, 0.1) is 11.2 Å². The molecule has 0 aliphatic carbocycles. The predicted octanol–water partition coefficient (Wildman–Crippen LogP) is 3.67. The second-order valence-electron chi connectivity index (χ2n) is 4.89. The first kappa shape index (κ1) is 14.0. The van der Waals surface area contributed by atoms with Crippen LogP contribution >= 0.6 is 0 Å². The van der Waals surface area contributed by atoms with Crippen LogP contribution in [0.1, 0.15) is 5.69 Å². The molecule has 3 aromatic rings. The van der Waals surface area contributed by atoms with Crippen LogP contribution < -0.4 is 10.6 Å². The van der Waals surface area contributed by atoms with E-state index in [9.17, 15) is 0 Å². The third kappa shape index (κ3) is 3.03. The van der Waals surface area contributed by atoms with Gasteiger partial charge in [-0.25, -0.2) is 4.98 Å². The smallest absolute Gasteiger partial charge is 0.225 e. The second-order valence-corrected chi connectivity index (χ2v) is 4.89. The summed E-state index contributed by atoms with van der Waals surface area (Å²) in [5.74, 6) is 1.31. The van der Waals surface area contributed by atoms with Crippen molar-refractivity contribution < 1.29 is 0 Å². The number of hydrogen-bond donors (Lipinski definition) is 2. The molecule has 0 radical (unpaired) electrons. The van der Waals surface area contributed by atoms with Gasteiger partial charge in [-0.2, -0.15) is 4.98 Å². The number of aromatic nitrogens is 3. The summed E-state index contributed by atoms with van der Waals surface area (Å²) in [7, 11) is 0. The van der Waals surface area contributed by atoms with E-state index in [4.69, 9.17) is 0 Å². The third-order valence-corrected chi connectivity index (χ3v) is 3.15. The molecule has 5 nitrogen and oxygen atoms in total. The van der Waals surface area contributed by atoms with Gasteiger partial charge in [0.25, 0.3) is 0 Å². The molecule has 0 atom stereocenters. The zero-order valence-electron chi connectivity index (χ0n) is 12.4. The molecular formula is C17H17N5. The van der Waals surface area contributed by atoms with Gasteiger partial charge in [-0.05, 0) is 19.1 Å². The number of aryl methyl sites for hydroxylation is 1. The highest BCUT2D eigenvalue weighted by Crippen LogP contribution is 2.24. The van der Waals surface area contributed by atoms with E-state index in [2.05, 4.69) is 32.2 Å². The maximum atomic E-state index is 4.46. The fourth-order valence-electron chi connectivity index (χ4n) is 2.22. The van der Waals surface area contributed by atoms with Crippen LogP contribution in [0.3, 0.4) is 0 Å². The van der Waals surface area contributed by atoms with Gasteiger partial charge in [-0.3, -0.25) is 4.98 Å². The first-order valence-corrected chi connectivity index (χ1v) is 7.07. The molecule has 5 heteroatoms. The Bertz CT molecular complexity index is 808. The van der Waals surface area contributed by atoms with Gasteiger partial charge in [0, 0.05) is 29.9 Å². The topological polar surface area (TPSA) is 62.7 Å². The normalized spacial score (nSPS) is 10.4. The summed E-state index contributed by atoms with van der Waals surface area (Å²) in [5, 5.41) is 7.51. The molecule has 0 amide bonds. The number of rotatable bonds is 5. The highest BCUT2D eigenvalue weighted by molar-refractivity contribution is 5.91. The molecule has 0 unspecified atom stereocenters. The lowest BCUT2D eigenvalue weighted by Crippen LogP contribution is -2.06. The lowest BCUT2D eigenvalue weighted by atomic mass is 10.2. The van der Waals surface area contributed by atoms with E-state index >= 15 is 0 Å². The Morgan fingerprint density at radius 3 is 2.91 bits per heavy atom. The summed E-state index contributed by atoms with van der Waals surface area (Å²) in [4.78, 5) is 13.3. The number of nitrogens with one attached hydrogen (secondary N) is 2. The first-order chi connectivity index (χ1) is 10.8. The molecule has 0 fully saturated rings. The van der Waals surface area contributed by atoms with Crippen LogP contribution in [0.15, 0.2) is 55.3 Å². The molecule has 3 rings (SSSR count). The minimum absolute atomic E-state index is 0.579. The number of pyridine rings is 1. The average molecular weight is 291 g/mol. The Morgan fingerprint density at radius 2 is 2.05 bits per heavy atom. The SMILES string of the molecule is C=CCNc1nc(C)cc(Nc2cccc3cccnc23)n1. The van der Waals surface area contributed by atoms with Gasteiger partial charge in [0.15, 0.2) is 0 Å². The van der Waals surface area contributed by atoms with Crippen LogP contribution in [0.25, 0.3) is 10.9 Å². The number of fused-ring (bicyclic) bond motifs is 1. The van der Waals surface area contributed by atoms with Crippen molar-refractivity contribution >= 4 is 28.4 Å². The number of hydrogen-bond acceptors (Lipinski definition) is 5. The Kier molecular flexibility index (Phi) is 3.96. The van der Waals surface area contributed by atoms with Crippen molar-refractivity contribution in [1.82, 2.24) is 15.0 Å². The van der Waals surface area contributed by atoms with Gasteiger partial charge in [0.2, 0.25) is 5.95 Å². The van der Waals surface area contributed by atoms with E-state index in [0.29, 0.717) is 12.5 Å². The lowest BCUT2D eigenvalue weighted by molar-refractivity contribution is 1.08. The molecule has 2 heterocycles. The van der Waals surface area contributed by atoms with Crippen molar-refractivity contribution in [2.24, 2.45) is 0 Å². The van der Waals surface area contributed by atoms with E-state index in [1.165, 1.54) is 0 Å². The Hall–Kier alpha value is -2.95. The largest absolute Gasteiger partial charge is 0.351 e. The molecule has 2 aromatic heterocycles. The number of anilines is 3. The third-order valence-electron chi connectivity index (χ3n) is 3.15. The molecule has 0 saturated heterocycles. The summed E-state index contributed by atoms with van der Waals surface area (Å²) < 4.78 is 0. The number of nitrogens with zero attached hydrogens (tertiary/aromatic N) is 3. The Labute approximate surface area is 129 Å². The molecule has 0 aliphatic heterocycles. The van der Waals surface area contributed by atoms with Crippen molar-refractivity contribution in [2.45, 2.75) is 6.92 Å². The van der Waals surface area contributed by atoms with Gasteiger partial charge in [0.1, 0.15) is 5.82 Å². The Morgan fingerprint density at radius 1 is 1.18 bits per heavy atom. The van der Waals surface area contributed by atoms with Crippen molar-refractivity contribution in [3.63, 3.8) is 0 Å². The highest BCUT2D eigenvalue weighted by atomic mass is 15.1. The van der Waals surface area contributed by atoms with Gasteiger partial charge in [-0.1, -0.05) is 24.3 Å². The van der Waals surface area contributed by atoms with Crippen LogP contribution in [0, 0.1) is 6.92 Å². The van der Waals surface area contributed by atoms with Crippen molar-refractivity contribution in [3.8, 4) is 0 Å². The molecule has 0 saturated carbocycles. The molecule has 110 valence electrons. The summed E-state index contributed by atoms with van der Waals surface area (Å²) in [5.41, 5.74) is 2.73. The fraction of sp³-hybridized carbons (Fsp3) is 0.118. The van der Waals surface area contributed by atoms with Crippen LogP contribution in [0.2, 0.25) is 0 Å². The van der Waals surface area contributed by atoms with Crippen LogP contribution in [0.5, 0.6) is 0 Å². The minimum Gasteiger partial charge on any atom is -0.351 e. The van der Waals surface area contributed by atoms with Crippen molar-refractivity contribution in [1.29, 1.82) is 0 Å². The lowest BCUT2D eigenvalue weighted by Gasteiger charge is -2.10. The highest BCUT2D eigenvalue weighted by Gasteiger charge is 2.05. The maximum Gasteiger partial charge on any atom is 0.225 e. The van der Waals surface area contributed by atoms with Gasteiger partial charge in [-0.15, -0.1) is 6.58 Å². The quantitative estimate of drug-likeness (QED) is 0.702. The van der Waals surface area contributed by atoms with E-state index in [0.717, 1.165) is 28.1 Å². The van der Waals surface area contributed by atoms with E-state index < -0.39 is 0 Å². The maximum absolute atomic E-state index is 4.46. The zero-order valence-corrected chi connectivity index (χ0v) is 12.4. The molecular weight excluding hydrogens is 274 g/mol. The van der Waals surface area contributed by atoms with Gasteiger partial charge < -0.3 is 10.6 Å². The number of para-hydroxylation sites is 1. The molecule has 0 bridgehead atoms. The summed E-state index contributed by atoms with van der Waals surface area (Å²) in [6.45, 7) is 6.24. The molecule has 2 N–H and O–H groups in total. The van der Waals surface area contributed by atoms with Crippen molar-refractivity contribution in [3.05, 3.63) is 60.9 Å². The van der Waals surface area contributed by atoms with E-state index in [1.807, 2.05) is 43.3 Å². The van der Waals surface area contributed by atoms with E-state index in [1.54, 1.807) is 12.3 Å². The molecule has 22 heavy (non-hydrogen) atoms. The zero-order chi connectivity index (χ0) is 15.4. The summed E-state index contributed by atoms with van der Waals surface area (Å²) in [6, 6.07) is 11.9. The average Bonchev–Trinajstić information content (AvgIpc) is 2.53. The fourth-order valence-corrected chi connectivity index (χ4v) is 2.22. The second kappa shape index (κ2) is 6.22. The van der Waals surface area contributed by atoms with Crippen molar-refractivity contribution in [2.75, 3.05) is 17.2 Å². The predicted molar refractivity (Wildman–Crippen MR) is 90.5 cm³/mol. The molecule has 0 aliphatic rings. The minimum atomic E-state index is 0.579. The van der Waals surface area contributed by atoms with Crippen LogP contribution in [-0.2, 0) is 0 Å². The molecule has 1 aromatic carbocycles. The Balaban J connectivity index is 1.94. The standard InChI is InChI=1S/C17H17N5/c1-3-9-19-17-20-12(2)11-15(22-17)21-14-8-4-6-13-7-5-10-18-16(13)14/h3-8,10-11H,1,9H2,2H3,(H2,19,20,21,22). The monoisotopic (exact) mass is 291 g/mol. The van der Waals surface area contributed by atoms with Crippen LogP contribution in [0.4, 0.5) is 17.5 Å². The summed E-state index contributed by atoms with van der Waals surface area (Å²) in [6.07, 6.45) is 3.56.